The van der Waals surface area contributed by atoms with Gasteiger partial charge in [0, 0.05) is 31.6 Å². The monoisotopic (exact) mass is 378 g/mol. The lowest BCUT2D eigenvalue weighted by Gasteiger charge is -2.38. The molecule has 1 saturated carbocycles. The number of nitrogens with zero attached hydrogens (tertiary/aromatic N) is 1. The van der Waals surface area contributed by atoms with Crippen LogP contribution in [0.2, 0.25) is 0 Å². The first-order valence-corrected chi connectivity index (χ1v) is 10.6. The number of carbonyl (C=O) groups is 1. The van der Waals surface area contributed by atoms with Gasteiger partial charge in [-0.3, -0.25) is 9.78 Å². The molecule has 1 saturated heterocycles. The number of nitrogens with one attached hydrogen (secondary N) is 1. The molecule has 1 aromatic carbocycles. The summed E-state index contributed by atoms with van der Waals surface area (Å²) in [5, 5.41) is 3.39. The van der Waals surface area contributed by atoms with E-state index >= 15 is 0 Å². The van der Waals surface area contributed by atoms with Crippen molar-refractivity contribution in [1.82, 2.24) is 10.3 Å². The number of hydrogen-bond acceptors (Lipinski definition) is 3. The molecule has 0 bridgehead atoms. The quantitative estimate of drug-likeness (QED) is 0.831. The summed E-state index contributed by atoms with van der Waals surface area (Å²) >= 11 is 0. The molecule has 1 N–H and O–H groups in total. The number of pyridine rings is 1. The van der Waals surface area contributed by atoms with Crippen molar-refractivity contribution in [3.8, 4) is 11.1 Å². The van der Waals surface area contributed by atoms with E-state index in [9.17, 15) is 4.79 Å². The molecule has 1 aliphatic carbocycles. The van der Waals surface area contributed by atoms with E-state index in [0.717, 1.165) is 37.7 Å². The van der Waals surface area contributed by atoms with Crippen molar-refractivity contribution in [2.75, 3.05) is 13.2 Å². The van der Waals surface area contributed by atoms with Gasteiger partial charge in [-0.05, 0) is 60.9 Å². The normalized spacial score (nSPS) is 19.9. The number of ether oxygens (including phenoxy) is 1. The van der Waals surface area contributed by atoms with Crippen LogP contribution in [0.1, 0.15) is 50.5 Å². The van der Waals surface area contributed by atoms with Crippen molar-refractivity contribution in [1.29, 1.82) is 0 Å². The Bertz CT molecular complexity index is 778. The van der Waals surface area contributed by atoms with Crippen LogP contribution in [0.3, 0.4) is 0 Å². The lowest BCUT2D eigenvalue weighted by molar-refractivity contribution is -0.137. The van der Waals surface area contributed by atoms with Crippen LogP contribution < -0.4 is 5.32 Å². The van der Waals surface area contributed by atoms with E-state index in [-0.39, 0.29) is 11.3 Å². The van der Waals surface area contributed by atoms with Crippen molar-refractivity contribution >= 4 is 5.91 Å². The molecule has 2 aliphatic rings. The number of aromatic nitrogens is 1. The predicted molar refractivity (Wildman–Crippen MR) is 111 cm³/mol. The van der Waals surface area contributed by atoms with Gasteiger partial charge in [-0.2, -0.15) is 0 Å². The zero-order valence-corrected chi connectivity index (χ0v) is 16.5. The van der Waals surface area contributed by atoms with Gasteiger partial charge in [-0.15, -0.1) is 0 Å². The fourth-order valence-corrected chi connectivity index (χ4v) is 4.63. The summed E-state index contributed by atoms with van der Waals surface area (Å²) in [5.74, 6) is 0.233. The second-order valence-electron chi connectivity index (χ2n) is 8.31. The van der Waals surface area contributed by atoms with E-state index < -0.39 is 0 Å². The third kappa shape index (κ3) is 4.44. The fourth-order valence-electron chi connectivity index (χ4n) is 4.63. The summed E-state index contributed by atoms with van der Waals surface area (Å²) in [6, 6.07) is 13.0. The number of rotatable bonds is 5. The molecular formula is C24H30N2O2. The van der Waals surface area contributed by atoms with Gasteiger partial charge >= 0.3 is 0 Å². The molecule has 1 amide bonds. The van der Waals surface area contributed by atoms with Crippen LogP contribution in [-0.4, -0.2) is 30.1 Å². The van der Waals surface area contributed by atoms with Gasteiger partial charge in [-0.25, -0.2) is 0 Å². The molecule has 0 unspecified atom stereocenters. The Hall–Kier alpha value is -2.20. The minimum atomic E-state index is -0.355. The minimum Gasteiger partial charge on any atom is -0.381 e. The number of carbonyl (C=O) groups excluding carboxylic acids is 1. The Morgan fingerprint density at radius 3 is 2.54 bits per heavy atom. The third-order valence-corrected chi connectivity index (χ3v) is 6.36. The van der Waals surface area contributed by atoms with Crippen LogP contribution in [0.4, 0.5) is 0 Å². The second kappa shape index (κ2) is 8.87. The summed E-state index contributed by atoms with van der Waals surface area (Å²) in [5.41, 5.74) is 3.20. The van der Waals surface area contributed by atoms with Crippen LogP contribution in [0.15, 0.2) is 48.8 Å². The van der Waals surface area contributed by atoms with Crippen molar-refractivity contribution in [2.24, 2.45) is 5.41 Å². The molecule has 28 heavy (non-hydrogen) atoms. The molecule has 2 fully saturated rings. The fraction of sp³-hybridized carbons (Fsp3) is 0.500. The molecule has 1 aliphatic heterocycles. The topological polar surface area (TPSA) is 51.2 Å². The van der Waals surface area contributed by atoms with Crippen molar-refractivity contribution in [3.63, 3.8) is 0 Å². The zero-order valence-electron chi connectivity index (χ0n) is 16.5. The Kier molecular flexibility index (Phi) is 6.06. The van der Waals surface area contributed by atoms with Crippen LogP contribution in [0, 0.1) is 5.41 Å². The first-order valence-electron chi connectivity index (χ1n) is 10.6. The Morgan fingerprint density at radius 1 is 1.04 bits per heavy atom. The highest BCUT2D eigenvalue weighted by molar-refractivity contribution is 5.83. The van der Waals surface area contributed by atoms with Gasteiger partial charge in [0.1, 0.15) is 0 Å². The number of amides is 1. The third-order valence-electron chi connectivity index (χ3n) is 6.36. The van der Waals surface area contributed by atoms with Crippen LogP contribution in [-0.2, 0) is 16.0 Å². The van der Waals surface area contributed by atoms with Gasteiger partial charge in [0.2, 0.25) is 5.91 Å². The maximum atomic E-state index is 13.4. The lowest BCUT2D eigenvalue weighted by Crippen LogP contribution is -2.49. The van der Waals surface area contributed by atoms with Crippen LogP contribution in [0.25, 0.3) is 11.1 Å². The van der Waals surface area contributed by atoms with Gasteiger partial charge < -0.3 is 10.1 Å². The summed E-state index contributed by atoms with van der Waals surface area (Å²) < 4.78 is 5.61. The standard InChI is InChI=1S/C24H30N2O2/c27-23(26-22-7-2-1-3-8-22)24(11-15-28-16-12-24)18-19-5-4-6-21(17-19)20-9-13-25-14-10-20/h4-6,9-10,13-14,17,22H,1-3,7-8,11-12,15-16,18H2,(H,26,27). The van der Waals surface area contributed by atoms with Gasteiger partial charge in [-0.1, -0.05) is 43.5 Å². The SMILES string of the molecule is O=C(NC1CCCCC1)C1(Cc2cccc(-c3ccncc3)c2)CCOCC1. The maximum Gasteiger partial charge on any atom is 0.226 e. The highest BCUT2D eigenvalue weighted by atomic mass is 16.5. The molecule has 2 heterocycles. The van der Waals surface area contributed by atoms with E-state index in [1.165, 1.54) is 30.4 Å². The Labute approximate surface area is 167 Å². The average molecular weight is 379 g/mol. The zero-order chi connectivity index (χ0) is 19.2. The van der Waals surface area contributed by atoms with Crippen LogP contribution >= 0.6 is 0 Å². The van der Waals surface area contributed by atoms with E-state index in [1.807, 2.05) is 24.5 Å². The van der Waals surface area contributed by atoms with E-state index in [4.69, 9.17) is 4.74 Å². The molecule has 4 rings (SSSR count). The van der Waals surface area contributed by atoms with E-state index in [2.05, 4.69) is 34.6 Å². The van der Waals surface area contributed by atoms with Crippen molar-refractivity contribution in [2.45, 2.75) is 57.4 Å². The molecule has 0 spiro atoms. The van der Waals surface area contributed by atoms with Crippen molar-refractivity contribution < 1.29 is 9.53 Å². The van der Waals surface area contributed by atoms with Crippen LogP contribution in [0.5, 0.6) is 0 Å². The first-order chi connectivity index (χ1) is 13.8. The smallest absolute Gasteiger partial charge is 0.226 e. The van der Waals surface area contributed by atoms with E-state index in [0.29, 0.717) is 19.3 Å². The summed E-state index contributed by atoms with van der Waals surface area (Å²) in [4.78, 5) is 17.5. The van der Waals surface area contributed by atoms with Gasteiger partial charge in [0.25, 0.3) is 0 Å². The molecule has 0 radical (unpaired) electrons. The average Bonchev–Trinajstić information content (AvgIpc) is 2.76. The van der Waals surface area contributed by atoms with Gasteiger partial charge in [0.15, 0.2) is 0 Å². The largest absolute Gasteiger partial charge is 0.381 e. The molecule has 1 aromatic heterocycles. The summed E-state index contributed by atoms with van der Waals surface area (Å²) in [6.07, 6.45) is 12.0. The number of hydrogen-bond donors (Lipinski definition) is 1. The Balaban J connectivity index is 1.54. The molecule has 4 nitrogen and oxygen atoms in total. The number of benzene rings is 1. The highest BCUT2D eigenvalue weighted by Crippen LogP contribution is 2.36. The molecule has 4 heteroatoms. The molecular weight excluding hydrogens is 348 g/mol. The maximum absolute atomic E-state index is 13.4. The van der Waals surface area contributed by atoms with Crippen molar-refractivity contribution in [3.05, 3.63) is 54.4 Å². The lowest BCUT2D eigenvalue weighted by atomic mass is 9.74. The van der Waals surface area contributed by atoms with Gasteiger partial charge in [0.05, 0.1) is 5.41 Å². The Morgan fingerprint density at radius 2 is 1.79 bits per heavy atom. The van der Waals surface area contributed by atoms with E-state index in [1.54, 1.807) is 0 Å². The second-order valence-corrected chi connectivity index (χ2v) is 8.31. The molecule has 0 atom stereocenters. The first kappa shape index (κ1) is 19.1. The summed E-state index contributed by atoms with van der Waals surface area (Å²) in [7, 11) is 0. The molecule has 148 valence electrons. The highest BCUT2D eigenvalue weighted by Gasteiger charge is 2.40. The minimum absolute atomic E-state index is 0.233. The summed E-state index contributed by atoms with van der Waals surface area (Å²) in [6.45, 7) is 1.34. The molecule has 2 aromatic rings. The predicted octanol–water partition coefficient (Wildman–Crippen LogP) is 4.54.